The molecular weight excluding hydrogens is 476 g/mol. The molecule has 0 radical (unpaired) electrons. The van der Waals surface area contributed by atoms with Gasteiger partial charge >= 0.3 is 4.87 Å². The molecule has 0 amide bonds. The van der Waals surface area contributed by atoms with Crippen LogP contribution >= 0.6 is 11.3 Å². The Balaban J connectivity index is 1.11. The lowest BCUT2D eigenvalue weighted by molar-refractivity contribution is 0.106. The molecule has 0 aliphatic rings. The molecule has 4 aromatic rings. The van der Waals surface area contributed by atoms with Gasteiger partial charge in [0, 0.05) is 13.0 Å². The van der Waals surface area contributed by atoms with Crippen molar-refractivity contribution in [3.8, 4) is 17.4 Å². The number of hydrogen-bond acceptors (Lipinski definition) is 7. The van der Waals surface area contributed by atoms with Gasteiger partial charge in [0.25, 0.3) is 0 Å². The quantitative estimate of drug-likeness (QED) is 0.205. The van der Waals surface area contributed by atoms with E-state index in [2.05, 4.69) is 10.3 Å². The summed E-state index contributed by atoms with van der Waals surface area (Å²) in [7, 11) is 0. The average Bonchev–Trinajstić information content (AvgIpc) is 3.22. The number of aliphatic hydroxyl groups excluding tert-OH is 1. The number of hydrogen-bond donors (Lipinski definition) is 4. The monoisotopic (exact) mass is 506 g/mol. The van der Waals surface area contributed by atoms with Crippen LogP contribution in [-0.2, 0) is 19.4 Å². The van der Waals surface area contributed by atoms with E-state index in [4.69, 9.17) is 9.47 Å². The summed E-state index contributed by atoms with van der Waals surface area (Å²) >= 11 is 1.03. The van der Waals surface area contributed by atoms with E-state index >= 15 is 0 Å². The number of rotatable bonds is 13. The number of H-pyrrole nitrogens is 1. The van der Waals surface area contributed by atoms with Gasteiger partial charge in [-0.2, -0.15) is 0 Å². The number of benzene rings is 3. The zero-order chi connectivity index (χ0) is 25.2. The summed E-state index contributed by atoms with van der Waals surface area (Å²) in [5.74, 6) is 1.40. The van der Waals surface area contributed by atoms with Crippen molar-refractivity contribution in [2.75, 3.05) is 19.7 Å². The Kier molecular flexibility index (Phi) is 9.15. The molecular formula is C28H30N2O5S. The fraction of sp³-hybridized carbons (Fsp3) is 0.250. The van der Waals surface area contributed by atoms with Crippen molar-refractivity contribution in [1.29, 1.82) is 0 Å². The molecule has 0 unspecified atom stereocenters. The van der Waals surface area contributed by atoms with E-state index in [0.717, 1.165) is 46.7 Å². The molecule has 3 aromatic carbocycles. The third-order valence-corrected chi connectivity index (χ3v) is 6.44. The molecule has 0 saturated heterocycles. The van der Waals surface area contributed by atoms with Gasteiger partial charge < -0.3 is 25.0 Å². The summed E-state index contributed by atoms with van der Waals surface area (Å²) in [6, 6.07) is 25.5. The highest BCUT2D eigenvalue weighted by Crippen LogP contribution is 2.21. The van der Waals surface area contributed by atoms with Gasteiger partial charge in [0.15, 0.2) is 0 Å². The van der Waals surface area contributed by atoms with Gasteiger partial charge in [-0.15, -0.1) is 0 Å². The molecule has 0 aliphatic carbocycles. The fourth-order valence-electron chi connectivity index (χ4n) is 3.61. The minimum atomic E-state index is -0.623. The van der Waals surface area contributed by atoms with E-state index in [1.807, 2.05) is 78.9 Å². The van der Waals surface area contributed by atoms with Crippen LogP contribution < -0.4 is 19.7 Å². The third-order valence-electron chi connectivity index (χ3n) is 5.57. The molecule has 1 atom stereocenters. The lowest BCUT2D eigenvalue weighted by atomic mass is 10.1. The molecule has 8 heteroatoms. The maximum absolute atomic E-state index is 11.3. The Bertz CT molecular complexity index is 1250. The largest absolute Gasteiger partial charge is 0.494 e. The Hall–Kier alpha value is -3.59. The summed E-state index contributed by atoms with van der Waals surface area (Å²) in [4.78, 5) is 14.1. The second kappa shape index (κ2) is 12.9. The van der Waals surface area contributed by atoms with Crippen LogP contribution in [-0.4, -0.2) is 41.0 Å². The summed E-state index contributed by atoms with van der Waals surface area (Å²) in [5.41, 5.74) is 3.30. The molecule has 0 saturated carbocycles. The molecule has 4 rings (SSSR count). The van der Waals surface area contributed by atoms with Crippen molar-refractivity contribution in [2.24, 2.45) is 0 Å². The summed E-state index contributed by atoms with van der Waals surface area (Å²) in [5, 5.41) is 23.2. The first kappa shape index (κ1) is 25.5. The molecule has 0 aliphatic heterocycles. The van der Waals surface area contributed by atoms with E-state index in [9.17, 15) is 15.0 Å². The molecule has 188 valence electrons. The molecule has 0 spiro atoms. The van der Waals surface area contributed by atoms with E-state index in [-0.39, 0.29) is 17.4 Å². The average molecular weight is 507 g/mol. The van der Waals surface area contributed by atoms with Crippen molar-refractivity contribution >= 4 is 11.3 Å². The Morgan fingerprint density at radius 3 is 2.19 bits per heavy atom. The molecule has 0 fully saturated rings. The van der Waals surface area contributed by atoms with Crippen molar-refractivity contribution in [3.05, 3.63) is 110 Å². The highest BCUT2D eigenvalue weighted by atomic mass is 32.1. The van der Waals surface area contributed by atoms with E-state index in [0.29, 0.717) is 30.2 Å². The van der Waals surface area contributed by atoms with Gasteiger partial charge in [-0.1, -0.05) is 65.9 Å². The highest BCUT2D eigenvalue weighted by molar-refractivity contribution is 7.09. The normalized spacial score (nSPS) is 11.8. The van der Waals surface area contributed by atoms with E-state index < -0.39 is 6.10 Å². The first-order chi connectivity index (χ1) is 17.5. The SMILES string of the molecule is O=c1[nH]c(O)c(Cc2ccc(CCNC[C@H](O)COc3ccc(OCc4ccccc4)cc3)cc2)s1. The minimum Gasteiger partial charge on any atom is -0.494 e. The number of ether oxygens (including phenoxy) is 2. The van der Waals surface area contributed by atoms with Crippen LogP contribution in [0.4, 0.5) is 0 Å². The zero-order valence-electron chi connectivity index (χ0n) is 19.9. The second-order valence-corrected chi connectivity index (χ2v) is 9.51. The first-order valence-electron chi connectivity index (χ1n) is 11.8. The minimum absolute atomic E-state index is 0.0503. The maximum Gasteiger partial charge on any atom is 0.307 e. The summed E-state index contributed by atoms with van der Waals surface area (Å²) in [6.07, 6.45) is 0.715. The Morgan fingerprint density at radius 1 is 0.861 bits per heavy atom. The van der Waals surface area contributed by atoms with Crippen LogP contribution in [0.25, 0.3) is 0 Å². The van der Waals surface area contributed by atoms with E-state index in [1.54, 1.807) is 0 Å². The highest BCUT2D eigenvalue weighted by Gasteiger charge is 2.08. The second-order valence-electron chi connectivity index (χ2n) is 8.44. The van der Waals surface area contributed by atoms with Gasteiger partial charge in [0.1, 0.15) is 30.8 Å². The summed E-state index contributed by atoms with van der Waals surface area (Å²) in [6.45, 7) is 1.87. The van der Waals surface area contributed by atoms with Crippen LogP contribution in [0, 0.1) is 0 Å². The lowest BCUT2D eigenvalue weighted by Gasteiger charge is -2.14. The smallest absolute Gasteiger partial charge is 0.307 e. The Labute approximate surface area is 214 Å². The maximum atomic E-state index is 11.3. The fourth-order valence-corrected chi connectivity index (χ4v) is 4.36. The molecule has 0 bridgehead atoms. The lowest BCUT2D eigenvalue weighted by Crippen LogP contribution is -2.32. The van der Waals surface area contributed by atoms with Gasteiger partial charge in [0.05, 0.1) is 4.88 Å². The van der Waals surface area contributed by atoms with Crippen LogP contribution in [0.3, 0.4) is 0 Å². The first-order valence-corrected chi connectivity index (χ1v) is 12.6. The van der Waals surface area contributed by atoms with Gasteiger partial charge in [-0.05, 0) is 53.9 Å². The van der Waals surface area contributed by atoms with Crippen molar-refractivity contribution in [1.82, 2.24) is 10.3 Å². The number of thiazole rings is 1. The number of aliphatic hydroxyl groups is 1. The van der Waals surface area contributed by atoms with Crippen LogP contribution in [0.5, 0.6) is 17.4 Å². The molecule has 36 heavy (non-hydrogen) atoms. The van der Waals surface area contributed by atoms with Crippen molar-refractivity contribution in [2.45, 2.75) is 25.6 Å². The number of aromatic nitrogens is 1. The number of nitrogens with one attached hydrogen (secondary N) is 2. The van der Waals surface area contributed by atoms with Crippen LogP contribution in [0.2, 0.25) is 0 Å². The summed E-state index contributed by atoms with van der Waals surface area (Å²) < 4.78 is 11.5. The predicted octanol–water partition coefficient (Wildman–Crippen LogP) is 3.88. The van der Waals surface area contributed by atoms with Gasteiger partial charge in [0.2, 0.25) is 5.88 Å². The third kappa shape index (κ3) is 7.98. The topological polar surface area (TPSA) is 104 Å². The molecule has 1 heterocycles. The van der Waals surface area contributed by atoms with Crippen molar-refractivity contribution in [3.63, 3.8) is 0 Å². The van der Waals surface area contributed by atoms with E-state index in [1.165, 1.54) is 0 Å². The molecule has 1 aromatic heterocycles. The van der Waals surface area contributed by atoms with Gasteiger partial charge in [-0.3, -0.25) is 9.78 Å². The Morgan fingerprint density at radius 2 is 1.53 bits per heavy atom. The predicted molar refractivity (Wildman–Crippen MR) is 141 cm³/mol. The van der Waals surface area contributed by atoms with Crippen molar-refractivity contribution < 1.29 is 19.7 Å². The molecule has 4 N–H and O–H groups in total. The number of aromatic hydroxyl groups is 1. The zero-order valence-corrected chi connectivity index (χ0v) is 20.7. The van der Waals surface area contributed by atoms with Crippen LogP contribution in [0.15, 0.2) is 83.7 Å². The van der Waals surface area contributed by atoms with Gasteiger partial charge in [-0.25, -0.2) is 0 Å². The standard InChI is InChI=1S/C28H30N2O5S/c31-23(19-35-25-12-10-24(11-13-25)34-18-22-4-2-1-3-5-22)17-29-15-14-20-6-8-21(9-7-20)16-26-27(32)30-28(33)36-26/h1-13,23,29,31-32H,14-19H2,(H,30,33)/t23-/m0/s1. The van der Waals surface area contributed by atoms with Crippen LogP contribution in [0.1, 0.15) is 21.6 Å². The number of aromatic amines is 1. The molecule has 7 nitrogen and oxygen atoms in total.